The van der Waals surface area contributed by atoms with Crippen LogP contribution in [-0.2, 0) is 0 Å². The molecule has 0 unspecified atom stereocenters. The van der Waals surface area contributed by atoms with Crippen LogP contribution in [0.3, 0.4) is 0 Å². The summed E-state index contributed by atoms with van der Waals surface area (Å²) < 4.78 is 13.0. The van der Waals surface area contributed by atoms with Gasteiger partial charge in [-0.05, 0) is 12.1 Å². The minimum Gasteiger partial charge on any atom is -0.336 e. The van der Waals surface area contributed by atoms with Crippen molar-refractivity contribution in [3.63, 3.8) is 0 Å². The van der Waals surface area contributed by atoms with Crippen molar-refractivity contribution >= 4 is 22.5 Å². The van der Waals surface area contributed by atoms with Crippen LogP contribution in [0.5, 0.6) is 0 Å². The van der Waals surface area contributed by atoms with Crippen molar-refractivity contribution in [3.8, 4) is 0 Å². The Labute approximate surface area is 95.7 Å². The molecule has 3 aromatic rings. The molecule has 0 radical (unpaired) electrons. The molecular weight excluding hydrogens is 221 g/mol. The maximum absolute atomic E-state index is 13.0. The molecule has 0 bridgehead atoms. The largest absolute Gasteiger partial charge is 0.336 e. The van der Waals surface area contributed by atoms with E-state index in [2.05, 4.69) is 25.5 Å². The van der Waals surface area contributed by atoms with Gasteiger partial charge >= 0.3 is 0 Å². The van der Waals surface area contributed by atoms with Crippen LogP contribution in [0.15, 0.2) is 36.8 Å². The summed E-state index contributed by atoms with van der Waals surface area (Å²) in [7, 11) is 0. The molecule has 3 aromatic heterocycles. The average Bonchev–Trinajstić information content (AvgIpc) is 2.73. The molecule has 0 saturated carbocycles. The number of H-pyrrole nitrogens is 1. The zero-order valence-electron chi connectivity index (χ0n) is 8.68. The van der Waals surface area contributed by atoms with Gasteiger partial charge < -0.3 is 5.32 Å². The van der Waals surface area contributed by atoms with Crippen LogP contribution in [0.2, 0.25) is 0 Å². The SMILES string of the molecule is Fc1cncc(Nc2n[nH]c3cccnc23)c1. The Kier molecular flexibility index (Phi) is 2.18. The van der Waals surface area contributed by atoms with Gasteiger partial charge in [0, 0.05) is 12.3 Å². The third kappa shape index (κ3) is 1.80. The molecule has 0 aliphatic heterocycles. The highest BCUT2D eigenvalue weighted by Crippen LogP contribution is 2.21. The van der Waals surface area contributed by atoms with Crippen molar-refractivity contribution < 1.29 is 4.39 Å². The molecule has 6 heteroatoms. The highest BCUT2D eigenvalue weighted by molar-refractivity contribution is 5.87. The van der Waals surface area contributed by atoms with Crippen LogP contribution in [0.25, 0.3) is 11.0 Å². The van der Waals surface area contributed by atoms with Crippen molar-refractivity contribution in [2.45, 2.75) is 0 Å². The molecule has 0 atom stereocenters. The summed E-state index contributed by atoms with van der Waals surface area (Å²) in [5, 5.41) is 9.87. The van der Waals surface area contributed by atoms with E-state index in [0.717, 1.165) is 11.7 Å². The highest BCUT2D eigenvalue weighted by Gasteiger charge is 2.06. The van der Waals surface area contributed by atoms with Crippen molar-refractivity contribution in [3.05, 3.63) is 42.6 Å². The number of halogens is 1. The summed E-state index contributed by atoms with van der Waals surface area (Å²) in [5.41, 5.74) is 2.06. The van der Waals surface area contributed by atoms with Crippen molar-refractivity contribution in [1.29, 1.82) is 0 Å². The lowest BCUT2D eigenvalue weighted by Gasteiger charge is -2.01. The topological polar surface area (TPSA) is 66.5 Å². The summed E-state index contributed by atoms with van der Waals surface area (Å²) in [6.45, 7) is 0. The first kappa shape index (κ1) is 9.71. The lowest BCUT2D eigenvalue weighted by atomic mass is 10.3. The molecule has 0 aromatic carbocycles. The zero-order valence-corrected chi connectivity index (χ0v) is 8.68. The van der Waals surface area contributed by atoms with Crippen molar-refractivity contribution in [2.75, 3.05) is 5.32 Å². The van der Waals surface area contributed by atoms with Gasteiger partial charge in [0.15, 0.2) is 5.82 Å². The monoisotopic (exact) mass is 229 g/mol. The van der Waals surface area contributed by atoms with Crippen LogP contribution in [0.4, 0.5) is 15.9 Å². The zero-order chi connectivity index (χ0) is 11.7. The van der Waals surface area contributed by atoms with Gasteiger partial charge in [0.25, 0.3) is 0 Å². The standard InChI is InChI=1S/C11H8FN5/c12-7-4-8(6-13-5-7)15-11-10-9(16-17-11)2-1-3-14-10/h1-6H,(H2,15,16,17). The lowest BCUT2D eigenvalue weighted by Crippen LogP contribution is -1.93. The summed E-state index contributed by atoms with van der Waals surface area (Å²) >= 11 is 0. The van der Waals surface area contributed by atoms with E-state index in [1.807, 2.05) is 12.1 Å². The normalized spacial score (nSPS) is 10.6. The number of nitrogens with zero attached hydrogens (tertiary/aromatic N) is 3. The minimum atomic E-state index is -0.400. The smallest absolute Gasteiger partial charge is 0.178 e. The maximum atomic E-state index is 13.0. The number of hydrogen-bond acceptors (Lipinski definition) is 4. The summed E-state index contributed by atoms with van der Waals surface area (Å²) in [6, 6.07) is 5.02. The van der Waals surface area contributed by atoms with E-state index in [0.29, 0.717) is 17.0 Å². The van der Waals surface area contributed by atoms with E-state index < -0.39 is 5.82 Å². The molecule has 0 aliphatic carbocycles. The number of aromatic nitrogens is 4. The van der Waals surface area contributed by atoms with Crippen LogP contribution < -0.4 is 5.32 Å². The van der Waals surface area contributed by atoms with E-state index in [9.17, 15) is 4.39 Å². The predicted octanol–water partition coefficient (Wildman–Crippen LogP) is 2.24. The van der Waals surface area contributed by atoms with E-state index >= 15 is 0 Å². The quantitative estimate of drug-likeness (QED) is 0.707. The number of rotatable bonds is 2. The number of fused-ring (bicyclic) bond motifs is 1. The molecule has 0 aliphatic rings. The lowest BCUT2D eigenvalue weighted by molar-refractivity contribution is 0.622. The second kappa shape index (κ2) is 3.82. The van der Waals surface area contributed by atoms with Gasteiger partial charge in [0.1, 0.15) is 11.3 Å². The van der Waals surface area contributed by atoms with Gasteiger partial charge in [0.05, 0.1) is 23.6 Å². The predicted molar refractivity (Wildman–Crippen MR) is 61.4 cm³/mol. The number of hydrogen-bond donors (Lipinski definition) is 2. The average molecular weight is 229 g/mol. The molecule has 17 heavy (non-hydrogen) atoms. The van der Waals surface area contributed by atoms with Crippen LogP contribution in [0, 0.1) is 5.82 Å². The molecule has 5 nitrogen and oxygen atoms in total. The first-order valence-electron chi connectivity index (χ1n) is 4.99. The van der Waals surface area contributed by atoms with Gasteiger partial charge in [-0.2, -0.15) is 5.10 Å². The minimum absolute atomic E-state index is 0.400. The van der Waals surface area contributed by atoms with Crippen molar-refractivity contribution in [2.24, 2.45) is 0 Å². The Hall–Kier alpha value is -2.50. The third-order valence-electron chi connectivity index (χ3n) is 2.29. The Morgan fingerprint density at radius 3 is 3.12 bits per heavy atom. The van der Waals surface area contributed by atoms with E-state index in [4.69, 9.17) is 0 Å². The fourth-order valence-corrected chi connectivity index (χ4v) is 1.56. The van der Waals surface area contributed by atoms with Crippen LogP contribution in [0.1, 0.15) is 0 Å². The van der Waals surface area contributed by atoms with Gasteiger partial charge in [-0.25, -0.2) is 4.39 Å². The first-order valence-corrected chi connectivity index (χ1v) is 4.99. The Morgan fingerprint density at radius 1 is 1.29 bits per heavy atom. The molecule has 0 fully saturated rings. The van der Waals surface area contributed by atoms with E-state index in [-0.39, 0.29) is 0 Å². The second-order valence-electron chi connectivity index (χ2n) is 3.49. The summed E-state index contributed by atoms with van der Waals surface area (Å²) in [6.07, 6.45) is 4.34. The first-order chi connectivity index (χ1) is 8.33. The van der Waals surface area contributed by atoms with E-state index in [1.54, 1.807) is 6.20 Å². The molecule has 0 saturated heterocycles. The Bertz CT molecular complexity index is 664. The van der Waals surface area contributed by atoms with Crippen LogP contribution >= 0.6 is 0 Å². The van der Waals surface area contributed by atoms with Gasteiger partial charge in [-0.1, -0.05) is 0 Å². The molecule has 0 amide bonds. The number of nitrogens with one attached hydrogen (secondary N) is 2. The van der Waals surface area contributed by atoms with Gasteiger partial charge in [0.2, 0.25) is 0 Å². The fraction of sp³-hybridized carbons (Fsp3) is 0. The van der Waals surface area contributed by atoms with Gasteiger partial charge in [-0.3, -0.25) is 15.1 Å². The molecule has 3 rings (SSSR count). The number of pyridine rings is 2. The van der Waals surface area contributed by atoms with Crippen molar-refractivity contribution in [1.82, 2.24) is 20.2 Å². The molecule has 2 N–H and O–H groups in total. The Morgan fingerprint density at radius 2 is 2.24 bits per heavy atom. The van der Waals surface area contributed by atoms with Gasteiger partial charge in [-0.15, -0.1) is 0 Å². The van der Waals surface area contributed by atoms with Crippen LogP contribution in [-0.4, -0.2) is 20.2 Å². The fourth-order valence-electron chi connectivity index (χ4n) is 1.56. The molecular formula is C11H8FN5. The summed E-state index contributed by atoms with van der Waals surface area (Å²) in [4.78, 5) is 7.94. The molecule has 3 heterocycles. The highest BCUT2D eigenvalue weighted by atomic mass is 19.1. The number of anilines is 2. The molecule has 84 valence electrons. The summed E-state index contributed by atoms with van der Waals surface area (Å²) in [5.74, 6) is 0.149. The third-order valence-corrected chi connectivity index (χ3v) is 2.29. The number of aromatic amines is 1. The Balaban J connectivity index is 2.00. The molecule has 0 spiro atoms. The van der Waals surface area contributed by atoms with E-state index in [1.165, 1.54) is 12.3 Å². The maximum Gasteiger partial charge on any atom is 0.178 e. The second-order valence-corrected chi connectivity index (χ2v) is 3.49.